The molecule has 3 nitrogen and oxygen atoms in total. The quantitative estimate of drug-likeness (QED) is 0.726. The Morgan fingerprint density at radius 2 is 2.25 bits per heavy atom. The van der Waals surface area contributed by atoms with Gasteiger partial charge in [-0.2, -0.15) is 0 Å². The van der Waals surface area contributed by atoms with Gasteiger partial charge >= 0.3 is 0 Å². The van der Waals surface area contributed by atoms with Crippen molar-refractivity contribution in [2.45, 2.75) is 25.6 Å². The summed E-state index contributed by atoms with van der Waals surface area (Å²) in [6.07, 6.45) is -0.139. The van der Waals surface area contributed by atoms with Crippen LogP contribution in [0, 0.1) is 0 Å². The Labute approximate surface area is 137 Å². The fourth-order valence-electron chi connectivity index (χ4n) is 2.34. The number of benzene rings is 1. The third-order valence-corrected chi connectivity index (χ3v) is 4.67. The van der Waals surface area contributed by atoms with Gasteiger partial charge in [0.25, 0.3) is 5.91 Å². The molecule has 0 N–H and O–H groups in total. The van der Waals surface area contributed by atoms with Crippen LogP contribution >= 0.6 is 39.1 Å². The van der Waals surface area contributed by atoms with Gasteiger partial charge in [0.05, 0.1) is 22.6 Å². The predicted octanol–water partition coefficient (Wildman–Crippen LogP) is 3.96. The van der Waals surface area contributed by atoms with Gasteiger partial charge in [-0.05, 0) is 48.0 Å². The molecule has 1 atom stereocenters. The van der Waals surface area contributed by atoms with Crippen molar-refractivity contribution in [3.63, 3.8) is 0 Å². The van der Waals surface area contributed by atoms with Crippen LogP contribution in [-0.2, 0) is 4.74 Å². The lowest BCUT2D eigenvalue weighted by atomic mass is 10.0. The Kier molecular flexibility index (Phi) is 5.00. The minimum atomic E-state index is -0.392. The normalized spacial score (nSPS) is 21.9. The second-order valence-electron chi connectivity index (χ2n) is 5.47. The number of alkyl halides is 1. The first-order chi connectivity index (χ1) is 9.32. The van der Waals surface area contributed by atoms with E-state index in [4.69, 9.17) is 27.9 Å². The van der Waals surface area contributed by atoms with E-state index in [-0.39, 0.29) is 12.0 Å². The first-order valence-electron chi connectivity index (χ1n) is 6.30. The SMILES string of the molecule is CC1(C)CN(C(=O)c2ccc(Cl)c(Br)c2)CC(CCl)O1. The molecular formula is C14H16BrCl2NO2. The highest BCUT2D eigenvalue weighted by Crippen LogP contribution is 2.26. The van der Waals surface area contributed by atoms with Crippen LogP contribution in [0.5, 0.6) is 0 Å². The number of rotatable bonds is 2. The molecule has 1 fully saturated rings. The lowest BCUT2D eigenvalue weighted by molar-refractivity contribution is -0.117. The molecule has 1 aromatic carbocycles. The minimum absolute atomic E-state index is 0.0335. The molecule has 1 saturated heterocycles. The maximum atomic E-state index is 12.6. The van der Waals surface area contributed by atoms with Crippen molar-refractivity contribution >= 4 is 45.0 Å². The van der Waals surface area contributed by atoms with Crippen molar-refractivity contribution in [3.05, 3.63) is 33.3 Å². The molecule has 0 spiro atoms. The molecule has 1 heterocycles. The Balaban J connectivity index is 2.21. The van der Waals surface area contributed by atoms with E-state index in [2.05, 4.69) is 15.9 Å². The Bertz CT molecular complexity index is 522. The van der Waals surface area contributed by atoms with Gasteiger partial charge in [-0.3, -0.25) is 4.79 Å². The first kappa shape index (κ1) is 16.1. The molecule has 0 saturated carbocycles. The maximum absolute atomic E-state index is 12.6. The van der Waals surface area contributed by atoms with E-state index in [1.807, 2.05) is 13.8 Å². The van der Waals surface area contributed by atoms with Gasteiger partial charge in [-0.25, -0.2) is 0 Å². The van der Waals surface area contributed by atoms with Crippen LogP contribution < -0.4 is 0 Å². The number of carbonyl (C=O) groups is 1. The van der Waals surface area contributed by atoms with Crippen LogP contribution in [0.25, 0.3) is 0 Å². The van der Waals surface area contributed by atoms with Gasteiger partial charge in [0.1, 0.15) is 0 Å². The second kappa shape index (κ2) is 6.22. The number of nitrogens with zero attached hydrogens (tertiary/aromatic N) is 1. The molecular weight excluding hydrogens is 365 g/mol. The molecule has 0 aromatic heterocycles. The van der Waals surface area contributed by atoms with Gasteiger partial charge in [0.15, 0.2) is 0 Å². The molecule has 1 aliphatic heterocycles. The average molecular weight is 381 g/mol. The maximum Gasteiger partial charge on any atom is 0.254 e. The van der Waals surface area contributed by atoms with Crippen molar-refractivity contribution in [1.82, 2.24) is 4.90 Å². The van der Waals surface area contributed by atoms with E-state index in [1.165, 1.54) is 0 Å². The minimum Gasteiger partial charge on any atom is -0.367 e. The summed E-state index contributed by atoms with van der Waals surface area (Å²) in [5.41, 5.74) is 0.212. The van der Waals surface area contributed by atoms with Crippen LogP contribution in [-0.4, -0.2) is 41.5 Å². The zero-order valence-electron chi connectivity index (χ0n) is 11.3. The standard InChI is InChI=1S/C14H16BrCl2NO2/c1-14(2)8-18(7-10(6-16)20-14)13(19)9-3-4-12(17)11(15)5-9/h3-5,10H,6-8H2,1-2H3. The number of morpholine rings is 1. The lowest BCUT2D eigenvalue weighted by Gasteiger charge is -2.42. The summed E-state index contributed by atoms with van der Waals surface area (Å²) in [6, 6.07) is 5.18. The van der Waals surface area contributed by atoms with Gasteiger partial charge in [-0.15, -0.1) is 11.6 Å². The van der Waals surface area contributed by atoms with E-state index in [1.54, 1.807) is 23.1 Å². The number of ether oxygens (including phenoxy) is 1. The molecule has 110 valence electrons. The molecule has 6 heteroatoms. The average Bonchev–Trinajstić information content (AvgIpc) is 2.39. The van der Waals surface area contributed by atoms with Crippen molar-refractivity contribution in [2.75, 3.05) is 19.0 Å². The molecule has 0 radical (unpaired) electrons. The zero-order chi connectivity index (χ0) is 14.9. The van der Waals surface area contributed by atoms with E-state index in [9.17, 15) is 4.79 Å². The fourth-order valence-corrected chi connectivity index (χ4v) is 3.00. The second-order valence-corrected chi connectivity index (χ2v) is 7.04. The third kappa shape index (κ3) is 3.67. The van der Waals surface area contributed by atoms with Crippen molar-refractivity contribution in [3.8, 4) is 0 Å². The van der Waals surface area contributed by atoms with E-state index >= 15 is 0 Å². The molecule has 1 amide bonds. The fraction of sp³-hybridized carbons (Fsp3) is 0.500. The Morgan fingerprint density at radius 3 is 2.85 bits per heavy atom. The first-order valence-corrected chi connectivity index (χ1v) is 8.01. The summed E-state index contributed by atoms with van der Waals surface area (Å²) in [6.45, 7) is 4.97. The summed E-state index contributed by atoms with van der Waals surface area (Å²) in [5, 5.41) is 0.586. The molecule has 0 aliphatic carbocycles. The van der Waals surface area contributed by atoms with E-state index in [0.29, 0.717) is 34.0 Å². The van der Waals surface area contributed by atoms with Crippen LogP contribution in [0.2, 0.25) is 5.02 Å². The summed E-state index contributed by atoms with van der Waals surface area (Å²) in [4.78, 5) is 14.4. The van der Waals surface area contributed by atoms with Crippen LogP contribution in [0.1, 0.15) is 24.2 Å². The number of hydrogen-bond acceptors (Lipinski definition) is 2. The third-order valence-electron chi connectivity index (χ3n) is 3.11. The van der Waals surface area contributed by atoms with Crippen molar-refractivity contribution in [1.29, 1.82) is 0 Å². The van der Waals surface area contributed by atoms with Crippen LogP contribution in [0.4, 0.5) is 0 Å². The van der Waals surface area contributed by atoms with Crippen molar-refractivity contribution in [2.24, 2.45) is 0 Å². The van der Waals surface area contributed by atoms with Gasteiger partial charge < -0.3 is 9.64 Å². The topological polar surface area (TPSA) is 29.5 Å². The largest absolute Gasteiger partial charge is 0.367 e. The summed E-state index contributed by atoms with van der Waals surface area (Å²) in [7, 11) is 0. The monoisotopic (exact) mass is 379 g/mol. The summed E-state index contributed by atoms with van der Waals surface area (Å²) >= 11 is 15.2. The van der Waals surface area contributed by atoms with Gasteiger partial charge in [-0.1, -0.05) is 11.6 Å². The Hall–Kier alpha value is -0.290. The molecule has 1 aromatic rings. The number of halogens is 3. The molecule has 0 bridgehead atoms. The highest BCUT2D eigenvalue weighted by Gasteiger charge is 2.35. The molecule has 1 aliphatic rings. The molecule has 1 unspecified atom stereocenters. The lowest BCUT2D eigenvalue weighted by Crippen LogP contribution is -2.55. The predicted molar refractivity (Wildman–Crippen MR) is 84.7 cm³/mol. The molecule has 2 rings (SSSR count). The van der Waals surface area contributed by atoms with Gasteiger partial charge in [0, 0.05) is 23.1 Å². The van der Waals surface area contributed by atoms with Crippen LogP contribution in [0.15, 0.2) is 22.7 Å². The highest BCUT2D eigenvalue weighted by atomic mass is 79.9. The Morgan fingerprint density at radius 1 is 1.55 bits per heavy atom. The van der Waals surface area contributed by atoms with E-state index in [0.717, 1.165) is 0 Å². The van der Waals surface area contributed by atoms with Crippen LogP contribution in [0.3, 0.4) is 0 Å². The van der Waals surface area contributed by atoms with E-state index < -0.39 is 5.60 Å². The zero-order valence-corrected chi connectivity index (χ0v) is 14.4. The summed E-state index contributed by atoms with van der Waals surface area (Å²) in [5.74, 6) is 0.339. The van der Waals surface area contributed by atoms with Gasteiger partial charge in [0.2, 0.25) is 0 Å². The smallest absolute Gasteiger partial charge is 0.254 e. The van der Waals surface area contributed by atoms with Crippen molar-refractivity contribution < 1.29 is 9.53 Å². The number of hydrogen-bond donors (Lipinski definition) is 0. The number of carbonyl (C=O) groups excluding carboxylic acids is 1. The highest BCUT2D eigenvalue weighted by molar-refractivity contribution is 9.10. The number of amides is 1. The summed E-state index contributed by atoms with van der Waals surface area (Å²) < 4.78 is 6.54. The molecule has 20 heavy (non-hydrogen) atoms.